The molecule has 6 atom stereocenters. The van der Waals surface area contributed by atoms with Crippen LogP contribution in [0, 0.1) is 46.3 Å². The van der Waals surface area contributed by atoms with Crippen LogP contribution in [0.25, 0.3) is 0 Å². The molecular weight excluding hydrogens is 524 g/mol. The smallest absolute Gasteiger partial charge is 0.205 e. The molecule has 0 radical (unpaired) electrons. The molecule has 1 aromatic carbocycles. The standard InChI is InChI=1S/C33H38O8/c1-9-19(35)11-10-18-12-20(15(2)3)21-13-31(7)14-32(8)24(16(4)5)27(37)22(17(6)34)29(39)33(32,41)30(40)25(31)28(38)23(21)26(18)36/h12,15-16,22,24-25,36,41H,9,13-14H2,1-8H3/t22?,24?,25?,31-,32-,33+/m1/s1. The number of aromatic hydroxyl groups is 1. The van der Waals surface area contributed by atoms with Crippen LogP contribution in [-0.2, 0) is 30.4 Å². The number of rotatable bonds is 4. The van der Waals surface area contributed by atoms with E-state index < -0.39 is 74.8 Å². The third-order valence-electron chi connectivity index (χ3n) is 9.69. The SMILES string of the molecule is CCC(=O)C#Cc1cc(C(C)C)c2c(c1O)C(=O)C1C(=O)[C@@]3(O)C(=O)C(C(C)=O)C(=O)C(C(C)C)[C@@]3(C)C[C@@]1(C)C2. The van der Waals surface area contributed by atoms with Gasteiger partial charge in [-0.1, -0.05) is 54.4 Å². The van der Waals surface area contributed by atoms with Crippen LogP contribution in [0.5, 0.6) is 5.75 Å². The molecule has 0 heterocycles. The fourth-order valence-electron chi connectivity index (χ4n) is 8.07. The zero-order valence-electron chi connectivity index (χ0n) is 24.9. The Morgan fingerprint density at radius 1 is 1.07 bits per heavy atom. The van der Waals surface area contributed by atoms with Crippen molar-refractivity contribution < 1.29 is 39.0 Å². The van der Waals surface area contributed by atoms with Crippen LogP contribution in [0.3, 0.4) is 0 Å². The number of carbonyl (C=O) groups is 6. The van der Waals surface area contributed by atoms with Gasteiger partial charge >= 0.3 is 0 Å². The minimum absolute atomic E-state index is 0.00606. The largest absolute Gasteiger partial charge is 0.506 e. The minimum atomic E-state index is -2.75. The molecule has 0 spiro atoms. The molecule has 2 saturated carbocycles. The average molecular weight is 563 g/mol. The lowest BCUT2D eigenvalue weighted by molar-refractivity contribution is -0.205. The average Bonchev–Trinajstić information content (AvgIpc) is 2.84. The number of aliphatic hydroxyl groups is 1. The number of benzene rings is 1. The van der Waals surface area contributed by atoms with Crippen LogP contribution < -0.4 is 0 Å². The van der Waals surface area contributed by atoms with Crippen molar-refractivity contribution in [2.45, 2.75) is 86.2 Å². The van der Waals surface area contributed by atoms with Gasteiger partial charge in [-0.2, -0.15) is 0 Å². The van der Waals surface area contributed by atoms with E-state index in [1.807, 2.05) is 13.8 Å². The summed E-state index contributed by atoms with van der Waals surface area (Å²) in [6, 6.07) is 1.66. The topological polar surface area (TPSA) is 143 Å². The molecule has 0 bridgehead atoms. The lowest BCUT2D eigenvalue weighted by Gasteiger charge is -2.62. The van der Waals surface area contributed by atoms with E-state index in [0.717, 1.165) is 12.5 Å². The van der Waals surface area contributed by atoms with Crippen molar-refractivity contribution in [3.63, 3.8) is 0 Å². The highest BCUT2D eigenvalue weighted by Crippen LogP contribution is 2.64. The second kappa shape index (κ2) is 9.84. The Bertz CT molecular complexity index is 1490. The highest BCUT2D eigenvalue weighted by atomic mass is 16.3. The van der Waals surface area contributed by atoms with E-state index in [9.17, 15) is 39.0 Å². The maximum Gasteiger partial charge on any atom is 0.205 e. The predicted molar refractivity (Wildman–Crippen MR) is 149 cm³/mol. The Labute approximate surface area is 240 Å². The van der Waals surface area contributed by atoms with Gasteiger partial charge in [0.15, 0.2) is 28.7 Å². The summed E-state index contributed by atoms with van der Waals surface area (Å²) in [6.07, 6.45) is 0.339. The fraction of sp³-hybridized carbons (Fsp3) is 0.576. The first-order valence-corrected chi connectivity index (χ1v) is 14.2. The molecule has 8 heteroatoms. The predicted octanol–water partition coefficient (Wildman–Crippen LogP) is 3.55. The summed E-state index contributed by atoms with van der Waals surface area (Å²) >= 11 is 0. The number of phenolic OH excluding ortho intramolecular Hbond substituents is 1. The van der Waals surface area contributed by atoms with Crippen molar-refractivity contribution >= 4 is 34.7 Å². The molecule has 8 nitrogen and oxygen atoms in total. The van der Waals surface area contributed by atoms with Gasteiger partial charge in [0, 0.05) is 17.8 Å². The van der Waals surface area contributed by atoms with Crippen molar-refractivity contribution in [3.8, 4) is 17.6 Å². The molecule has 2 N–H and O–H groups in total. The molecule has 3 unspecified atom stereocenters. The van der Waals surface area contributed by atoms with E-state index in [1.165, 1.54) is 0 Å². The van der Waals surface area contributed by atoms with Gasteiger partial charge < -0.3 is 10.2 Å². The monoisotopic (exact) mass is 562 g/mol. The van der Waals surface area contributed by atoms with E-state index in [0.29, 0.717) is 5.56 Å². The highest BCUT2D eigenvalue weighted by Gasteiger charge is 2.76. The molecule has 3 aliphatic carbocycles. The van der Waals surface area contributed by atoms with E-state index >= 15 is 0 Å². The quantitative estimate of drug-likeness (QED) is 0.419. The third kappa shape index (κ3) is 4.07. The number of hydrogen-bond donors (Lipinski definition) is 2. The van der Waals surface area contributed by atoms with E-state index in [1.54, 1.807) is 40.7 Å². The number of carbonyl (C=O) groups excluding carboxylic acids is 6. The summed E-state index contributed by atoms with van der Waals surface area (Å²) < 4.78 is 0. The van der Waals surface area contributed by atoms with Gasteiger partial charge in [0.2, 0.25) is 5.78 Å². The van der Waals surface area contributed by atoms with Crippen LogP contribution in [-0.4, -0.2) is 50.5 Å². The molecule has 2 fully saturated rings. The molecule has 0 aliphatic heterocycles. The van der Waals surface area contributed by atoms with Gasteiger partial charge in [-0.25, -0.2) is 0 Å². The lowest BCUT2D eigenvalue weighted by Crippen LogP contribution is -2.76. The van der Waals surface area contributed by atoms with Crippen molar-refractivity contribution in [3.05, 3.63) is 28.3 Å². The first-order chi connectivity index (χ1) is 18.9. The minimum Gasteiger partial charge on any atom is -0.506 e. The van der Waals surface area contributed by atoms with E-state index in [4.69, 9.17) is 0 Å². The Morgan fingerprint density at radius 3 is 2.20 bits per heavy atom. The molecule has 41 heavy (non-hydrogen) atoms. The zero-order chi connectivity index (χ0) is 31.0. The molecule has 1 aromatic rings. The van der Waals surface area contributed by atoms with Crippen LogP contribution in [0.4, 0.5) is 0 Å². The zero-order valence-corrected chi connectivity index (χ0v) is 24.9. The maximum atomic E-state index is 14.4. The number of fused-ring (bicyclic) bond motifs is 3. The highest BCUT2D eigenvalue weighted by molar-refractivity contribution is 6.32. The molecule has 3 aliphatic rings. The van der Waals surface area contributed by atoms with Gasteiger partial charge in [-0.05, 0) is 60.1 Å². The summed E-state index contributed by atoms with van der Waals surface area (Å²) in [5, 5.41) is 23.4. The fourth-order valence-corrected chi connectivity index (χ4v) is 8.07. The molecule has 0 saturated heterocycles. The summed E-state index contributed by atoms with van der Waals surface area (Å²) in [7, 11) is 0. The van der Waals surface area contributed by atoms with Gasteiger partial charge in [0.05, 0.1) is 17.0 Å². The Morgan fingerprint density at radius 2 is 1.68 bits per heavy atom. The van der Waals surface area contributed by atoms with Gasteiger partial charge in [0.25, 0.3) is 0 Å². The van der Waals surface area contributed by atoms with Crippen LogP contribution in [0.2, 0.25) is 0 Å². The van der Waals surface area contributed by atoms with Crippen LogP contribution in [0.15, 0.2) is 6.07 Å². The second-order valence-corrected chi connectivity index (χ2v) is 13.2. The molecule has 4 rings (SSSR count). The first kappa shape index (κ1) is 30.5. The van der Waals surface area contributed by atoms with Crippen molar-refractivity contribution in [2.75, 3.05) is 0 Å². The van der Waals surface area contributed by atoms with Crippen LogP contribution >= 0.6 is 0 Å². The molecule has 0 amide bonds. The van der Waals surface area contributed by atoms with E-state index in [-0.39, 0.29) is 42.1 Å². The molecule has 0 aromatic heterocycles. The van der Waals surface area contributed by atoms with Crippen molar-refractivity contribution in [1.82, 2.24) is 0 Å². The van der Waals surface area contributed by atoms with Gasteiger partial charge in [-0.3, -0.25) is 28.8 Å². The van der Waals surface area contributed by atoms with Crippen molar-refractivity contribution in [1.29, 1.82) is 0 Å². The Balaban J connectivity index is 2.00. The number of hydrogen-bond acceptors (Lipinski definition) is 8. The lowest BCUT2D eigenvalue weighted by atomic mass is 9.39. The Kier molecular flexibility index (Phi) is 7.32. The first-order valence-electron chi connectivity index (χ1n) is 14.2. The number of phenols is 1. The molecule has 218 valence electrons. The van der Waals surface area contributed by atoms with E-state index in [2.05, 4.69) is 11.8 Å². The summed E-state index contributed by atoms with van der Waals surface area (Å²) in [5.74, 6) is -4.79. The normalized spacial score (nSPS) is 32.7. The summed E-state index contributed by atoms with van der Waals surface area (Å²) in [4.78, 5) is 80.4. The third-order valence-corrected chi connectivity index (χ3v) is 9.69. The van der Waals surface area contributed by atoms with Crippen molar-refractivity contribution in [2.24, 2.45) is 34.5 Å². The summed E-state index contributed by atoms with van der Waals surface area (Å²) in [5.41, 5.74) is -4.15. The van der Waals surface area contributed by atoms with Gasteiger partial charge in [-0.15, -0.1) is 0 Å². The maximum absolute atomic E-state index is 14.4. The molecular formula is C33H38O8. The summed E-state index contributed by atoms with van der Waals surface area (Å²) in [6.45, 7) is 13.4. The second-order valence-electron chi connectivity index (χ2n) is 13.2. The van der Waals surface area contributed by atoms with Gasteiger partial charge in [0.1, 0.15) is 17.5 Å². The number of ketones is 6. The van der Waals surface area contributed by atoms with Crippen LogP contribution in [0.1, 0.15) is 101 Å². The Hall–Kier alpha value is -3.44. The number of Topliss-reactive ketones (excluding diaryl/α,β-unsaturated/α-hetero) is 6.